The van der Waals surface area contributed by atoms with Crippen molar-refractivity contribution in [2.45, 2.75) is 43.7 Å². The SMILES string of the molecule is CN=C(NCC1(N(C)C)CCSC1)NC1CCCC1.I. The van der Waals surface area contributed by atoms with Gasteiger partial charge in [-0.05, 0) is 39.1 Å². The van der Waals surface area contributed by atoms with Crippen LogP contribution < -0.4 is 10.6 Å². The third-order valence-corrected chi connectivity index (χ3v) is 5.77. The molecule has 4 nitrogen and oxygen atoms in total. The van der Waals surface area contributed by atoms with Crippen LogP contribution in [0.25, 0.3) is 0 Å². The van der Waals surface area contributed by atoms with Crippen molar-refractivity contribution >= 4 is 41.7 Å². The van der Waals surface area contributed by atoms with Crippen LogP contribution in [0.4, 0.5) is 0 Å². The first kappa shape index (κ1) is 18.4. The lowest BCUT2D eigenvalue weighted by Crippen LogP contribution is -2.55. The van der Waals surface area contributed by atoms with E-state index in [1.807, 2.05) is 7.05 Å². The largest absolute Gasteiger partial charge is 0.355 e. The number of nitrogens with one attached hydrogen (secondary N) is 2. The summed E-state index contributed by atoms with van der Waals surface area (Å²) in [5.41, 5.74) is 0.290. The summed E-state index contributed by atoms with van der Waals surface area (Å²) in [4.78, 5) is 6.75. The third-order valence-electron chi connectivity index (χ3n) is 4.54. The molecule has 0 aromatic rings. The standard InChI is InChI=1S/C14H28N4S.HI/c1-15-13(17-12-6-4-5-7-12)16-10-14(18(2)3)8-9-19-11-14;/h12H,4-11H2,1-3H3,(H2,15,16,17);1H. The second-order valence-electron chi connectivity index (χ2n) is 5.97. The average molecular weight is 412 g/mol. The molecular weight excluding hydrogens is 383 g/mol. The summed E-state index contributed by atoms with van der Waals surface area (Å²) < 4.78 is 0. The van der Waals surface area contributed by atoms with Crippen molar-refractivity contribution in [2.75, 3.05) is 39.2 Å². The summed E-state index contributed by atoms with van der Waals surface area (Å²) in [5, 5.41) is 7.10. The van der Waals surface area contributed by atoms with Crippen LogP contribution in [0.3, 0.4) is 0 Å². The van der Waals surface area contributed by atoms with Crippen LogP contribution in [0.15, 0.2) is 4.99 Å². The predicted octanol–water partition coefficient (Wildman–Crippen LogP) is 2.15. The van der Waals surface area contributed by atoms with Crippen molar-refractivity contribution in [3.8, 4) is 0 Å². The summed E-state index contributed by atoms with van der Waals surface area (Å²) >= 11 is 2.06. The van der Waals surface area contributed by atoms with Crippen LogP contribution in [0, 0.1) is 0 Å². The Bertz CT molecular complexity index is 310. The molecule has 118 valence electrons. The molecule has 1 atom stereocenters. The lowest BCUT2D eigenvalue weighted by Gasteiger charge is -2.36. The van der Waals surface area contributed by atoms with Gasteiger partial charge in [0.2, 0.25) is 0 Å². The van der Waals surface area contributed by atoms with E-state index < -0.39 is 0 Å². The van der Waals surface area contributed by atoms with E-state index in [0.29, 0.717) is 6.04 Å². The van der Waals surface area contributed by atoms with Gasteiger partial charge in [-0.2, -0.15) is 11.8 Å². The number of rotatable bonds is 4. The molecule has 0 radical (unpaired) electrons. The number of aliphatic imine (C=N–C) groups is 1. The molecule has 6 heteroatoms. The van der Waals surface area contributed by atoms with Gasteiger partial charge < -0.3 is 15.5 Å². The second kappa shape index (κ2) is 8.68. The molecule has 2 fully saturated rings. The zero-order chi connectivity index (χ0) is 13.7. The van der Waals surface area contributed by atoms with E-state index in [1.54, 1.807) is 0 Å². The fourth-order valence-electron chi connectivity index (χ4n) is 2.95. The summed E-state index contributed by atoms with van der Waals surface area (Å²) in [6.45, 7) is 0.986. The zero-order valence-electron chi connectivity index (χ0n) is 12.9. The number of halogens is 1. The van der Waals surface area contributed by atoms with Crippen molar-refractivity contribution < 1.29 is 0 Å². The summed E-state index contributed by atoms with van der Waals surface area (Å²) in [5.74, 6) is 3.46. The monoisotopic (exact) mass is 412 g/mol. The van der Waals surface area contributed by atoms with Crippen LogP contribution in [0.5, 0.6) is 0 Å². The van der Waals surface area contributed by atoms with E-state index in [9.17, 15) is 0 Å². The maximum atomic E-state index is 4.37. The average Bonchev–Trinajstić information content (AvgIpc) is 3.06. The van der Waals surface area contributed by atoms with E-state index in [4.69, 9.17) is 0 Å². The fraction of sp³-hybridized carbons (Fsp3) is 0.929. The highest BCUT2D eigenvalue weighted by Gasteiger charge is 2.36. The normalized spacial score (nSPS) is 27.7. The lowest BCUT2D eigenvalue weighted by molar-refractivity contribution is 0.183. The Morgan fingerprint density at radius 3 is 2.55 bits per heavy atom. The lowest BCUT2D eigenvalue weighted by atomic mass is 9.97. The maximum absolute atomic E-state index is 4.37. The minimum atomic E-state index is 0. The van der Waals surface area contributed by atoms with Crippen LogP contribution >= 0.6 is 35.7 Å². The smallest absolute Gasteiger partial charge is 0.191 e. The molecule has 2 rings (SSSR count). The molecule has 1 unspecified atom stereocenters. The Morgan fingerprint density at radius 2 is 2.05 bits per heavy atom. The van der Waals surface area contributed by atoms with Gasteiger partial charge in [0.05, 0.1) is 0 Å². The molecule has 0 aromatic heterocycles. The molecule has 1 heterocycles. The van der Waals surface area contributed by atoms with Gasteiger partial charge in [0, 0.05) is 30.9 Å². The van der Waals surface area contributed by atoms with Crippen molar-refractivity contribution in [1.29, 1.82) is 0 Å². The molecule has 1 aliphatic heterocycles. The first-order chi connectivity index (χ1) is 9.16. The van der Waals surface area contributed by atoms with E-state index in [1.165, 1.54) is 43.6 Å². The number of thioether (sulfide) groups is 1. The van der Waals surface area contributed by atoms with Gasteiger partial charge in [-0.1, -0.05) is 12.8 Å². The Balaban J connectivity index is 0.00000200. The van der Waals surface area contributed by atoms with Crippen LogP contribution in [0.2, 0.25) is 0 Å². The highest BCUT2D eigenvalue weighted by molar-refractivity contribution is 14.0. The molecule has 0 spiro atoms. The summed E-state index contributed by atoms with van der Waals surface area (Å²) in [6.07, 6.45) is 6.54. The van der Waals surface area contributed by atoms with Gasteiger partial charge in [0.15, 0.2) is 5.96 Å². The molecular formula is C14H29IN4S. The summed E-state index contributed by atoms with van der Waals surface area (Å²) in [6, 6.07) is 0.624. The molecule has 0 amide bonds. The van der Waals surface area contributed by atoms with Crippen LogP contribution in [-0.2, 0) is 0 Å². The van der Waals surface area contributed by atoms with Crippen LogP contribution in [0.1, 0.15) is 32.1 Å². The quantitative estimate of drug-likeness (QED) is 0.422. The highest BCUT2D eigenvalue weighted by Crippen LogP contribution is 2.31. The Labute approximate surface area is 144 Å². The van der Waals surface area contributed by atoms with Gasteiger partial charge >= 0.3 is 0 Å². The van der Waals surface area contributed by atoms with Gasteiger partial charge in [0.1, 0.15) is 0 Å². The molecule has 0 bridgehead atoms. The van der Waals surface area contributed by atoms with Crippen molar-refractivity contribution in [3.63, 3.8) is 0 Å². The molecule has 20 heavy (non-hydrogen) atoms. The first-order valence-electron chi connectivity index (χ1n) is 7.39. The first-order valence-corrected chi connectivity index (χ1v) is 8.54. The molecule has 1 aliphatic carbocycles. The number of hydrogen-bond donors (Lipinski definition) is 2. The fourth-order valence-corrected chi connectivity index (χ4v) is 4.51. The summed E-state index contributed by atoms with van der Waals surface area (Å²) in [7, 11) is 6.26. The third kappa shape index (κ3) is 4.66. The zero-order valence-corrected chi connectivity index (χ0v) is 16.1. The topological polar surface area (TPSA) is 39.7 Å². The van der Waals surface area contributed by atoms with E-state index in [0.717, 1.165) is 12.5 Å². The Hall–Kier alpha value is 0.310. The van der Waals surface area contributed by atoms with Crippen molar-refractivity contribution in [2.24, 2.45) is 4.99 Å². The minimum absolute atomic E-state index is 0. The second-order valence-corrected chi connectivity index (χ2v) is 7.08. The van der Waals surface area contributed by atoms with Crippen molar-refractivity contribution in [1.82, 2.24) is 15.5 Å². The molecule has 1 saturated heterocycles. The van der Waals surface area contributed by atoms with Gasteiger partial charge in [-0.25, -0.2) is 0 Å². The van der Waals surface area contributed by atoms with E-state index in [-0.39, 0.29) is 29.5 Å². The van der Waals surface area contributed by atoms with Gasteiger partial charge in [-0.15, -0.1) is 24.0 Å². The van der Waals surface area contributed by atoms with E-state index in [2.05, 4.69) is 46.4 Å². The number of likely N-dealkylation sites (N-methyl/N-ethyl adjacent to an activating group) is 1. The molecule has 2 aliphatic rings. The van der Waals surface area contributed by atoms with Gasteiger partial charge in [-0.3, -0.25) is 4.99 Å². The van der Waals surface area contributed by atoms with Crippen molar-refractivity contribution in [3.05, 3.63) is 0 Å². The minimum Gasteiger partial charge on any atom is -0.355 e. The van der Waals surface area contributed by atoms with Gasteiger partial charge in [0.25, 0.3) is 0 Å². The molecule has 0 aromatic carbocycles. The van der Waals surface area contributed by atoms with Crippen LogP contribution in [-0.4, -0.2) is 61.6 Å². The maximum Gasteiger partial charge on any atom is 0.191 e. The Kier molecular flexibility index (Phi) is 7.97. The predicted molar refractivity (Wildman–Crippen MR) is 101 cm³/mol. The number of nitrogens with zero attached hydrogens (tertiary/aromatic N) is 2. The number of guanidine groups is 1. The van der Waals surface area contributed by atoms with E-state index >= 15 is 0 Å². The molecule has 1 saturated carbocycles. The Morgan fingerprint density at radius 1 is 1.35 bits per heavy atom. The highest BCUT2D eigenvalue weighted by atomic mass is 127. The number of hydrogen-bond acceptors (Lipinski definition) is 3. The molecule has 2 N–H and O–H groups in total.